The summed E-state index contributed by atoms with van der Waals surface area (Å²) in [5, 5.41) is 13.7. The summed E-state index contributed by atoms with van der Waals surface area (Å²) in [6, 6.07) is 15.0. The molecule has 2 N–H and O–H groups in total. The highest BCUT2D eigenvalue weighted by Gasteiger charge is 2.26. The summed E-state index contributed by atoms with van der Waals surface area (Å²) in [6.45, 7) is 1.51. The van der Waals surface area contributed by atoms with Crippen LogP contribution in [0.25, 0.3) is 11.0 Å². The molecule has 0 bridgehead atoms. The van der Waals surface area contributed by atoms with Gasteiger partial charge in [0, 0.05) is 38.2 Å². The number of nitrogens with one attached hydrogen (secondary N) is 1. The van der Waals surface area contributed by atoms with E-state index in [0.29, 0.717) is 32.7 Å². The monoisotopic (exact) mass is 513 g/mol. The summed E-state index contributed by atoms with van der Waals surface area (Å²) in [5.74, 6) is -1.55. The van der Waals surface area contributed by atoms with Crippen molar-refractivity contribution in [3.8, 4) is 5.75 Å². The zero-order valence-electron chi connectivity index (χ0n) is 20.7. The average molecular weight is 514 g/mol. The number of fused-ring (bicyclic) bond motifs is 1. The molecule has 0 spiro atoms. The molecule has 0 unspecified atom stereocenters. The minimum absolute atomic E-state index is 0.0743. The first-order valence-corrected chi connectivity index (χ1v) is 12.3. The minimum Gasteiger partial charge on any atom is -0.505 e. The summed E-state index contributed by atoms with van der Waals surface area (Å²) in [5.41, 5.74) is 1.76. The van der Waals surface area contributed by atoms with Gasteiger partial charge in [-0.3, -0.25) is 28.9 Å². The summed E-state index contributed by atoms with van der Waals surface area (Å²) in [4.78, 5) is 49.9. The number of carbonyl (C=O) groups excluding carboxylic acids is 2. The lowest BCUT2D eigenvalue weighted by Gasteiger charge is -2.27. The Kier molecular flexibility index (Phi) is 7.41. The quantitative estimate of drug-likeness (QED) is 0.386. The van der Waals surface area contributed by atoms with Crippen LogP contribution in [0.1, 0.15) is 27.0 Å². The third-order valence-corrected chi connectivity index (χ3v) is 6.47. The van der Waals surface area contributed by atoms with Crippen LogP contribution in [0.15, 0.2) is 71.9 Å². The molecule has 38 heavy (non-hydrogen) atoms. The molecule has 10 nitrogen and oxygen atoms in total. The molecular weight excluding hydrogens is 486 g/mol. The van der Waals surface area contributed by atoms with Crippen LogP contribution in [0.3, 0.4) is 0 Å². The van der Waals surface area contributed by atoms with Gasteiger partial charge < -0.3 is 20.1 Å². The number of pyridine rings is 3. The Morgan fingerprint density at radius 1 is 1.00 bits per heavy atom. The molecule has 3 aromatic heterocycles. The Bertz CT molecular complexity index is 1520. The van der Waals surface area contributed by atoms with E-state index in [9.17, 15) is 19.5 Å². The number of hydrogen-bond donors (Lipinski definition) is 2. The molecule has 0 saturated carbocycles. The summed E-state index contributed by atoms with van der Waals surface area (Å²) < 4.78 is 6.57. The third kappa shape index (κ3) is 5.40. The van der Waals surface area contributed by atoms with Gasteiger partial charge in [-0.25, -0.2) is 0 Å². The number of amides is 2. The second-order valence-corrected chi connectivity index (χ2v) is 9.02. The molecule has 1 aliphatic rings. The van der Waals surface area contributed by atoms with Gasteiger partial charge in [0.15, 0.2) is 5.75 Å². The second kappa shape index (κ2) is 11.2. The largest absolute Gasteiger partial charge is 0.505 e. The molecule has 5 rings (SSSR count). The van der Waals surface area contributed by atoms with Crippen molar-refractivity contribution in [2.75, 3.05) is 26.3 Å². The topological polar surface area (TPSA) is 127 Å². The van der Waals surface area contributed by atoms with Gasteiger partial charge in [0.2, 0.25) is 5.91 Å². The lowest BCUT2D eigenvalue weighted by molar-refractivity contribution is -0.135. The Morgan fingerprint density at radius 2 is 1.74 bits per heavy atom. The number of morpholine rings is 1. The lowest BCUT2D eigenvalue weighted by Crippen LogP contribution is -2.44. The molecule has 1 aliphatic heterocycles. The van der Waals surface area contributed by atoms with Gasteiger partial charge in [0.05, 0.1) is 18.7 Å². The Morgan fingerprint density at radius 3 is 2.47 bits per heavy atom. The summed E-state index contributed by atoms with van der Waals surface area (Å²) >= 11 is 0. The third-order valence-electron chi connectivity index (χ3n) is 6.47. The van der Waals surface area contributed by atoms with Crippen molar-refractivity contribution < 1.29 is 19.4 Å². The molecule has 1 aromatic carbocycles. The first-order chi connectivity index (χ1) is 18.5. The van der Waals surface area contributed by atoms with Gasteiger partial charge in [0.1, 0.15) is 17.6 Å². The molecule has 0 atom stereocenters. The molecule has 4 heterocycles. The molecule has 4 aromatic rings. The van der Waals surface area contributed by atoms with E-state index >= 15 is 0 Å². The maximum atomic E-state index is 13.7. The van der Waals surface area contributed by atoms with E-state index in [1.165, 1.54) is 4.57 Å². The van der Waals surface area contributed by atoms with E-state index in [0.717, 1.165) is 16.7 Å². The van der Waals surface area contributed by atoms with Crippen LogP contribution in [-0.4, -0.2) is 62.7 Å². The maximum absolute atomic E-state index is 13.7. The van der Waals surface area contributed by atoms with Crippen LogP contribution in [-0.2, 0) is 29.0 Å². The van der Waals surface area contributed by atoms with Gasteiger partial charge in [-0.15, -0.1) is 0 Å². The number of hydrogen-bond acceptors (Lipinski definition) is 7. The number of aromatic hydroxyl groups is 1. The van der Waals surface area contributed by atoms with Crippen LogP contribution in [0.2, 0.25) is 0 Å². The van der Waals surface area contributed by atoms with Crippen molar-refractivity contribution in [3.63, 3.8) is 0 Å². The fraction of sp³-hybridized carbons (Fsp3) is 0.250. The Balaban J connectivity index is 1.55. The molecule has 1 saturated heterocycles. The molecular formula is C28H27N5O5. The molecule has 1 fully saturated rings. The van der Waals surface area contributed by atoms with E-state index in [2.05, 4.69) is 15.3 Å². The van der Waals surface area contributed by atoms with Gasteiger partial charge in [-0.2, -0.15) is 0 Å². The van der Waals surface area contributed by atoms with Crippen molar-refractivity contribution >= 4 is 22.8 Å². The predicted octanol–water partition coefficient (Wildman–Crippen LogP) is 1.88. The number of nitrogens with zero attached hydrogens (tertiary/aromatic N) is 4. The number of benzene rings is 1. The normalized spacial score (nSPS) is 13.4. The van der Waals surface area contributed by atoms with Crippen molar-refractivity contribution in [3.05, 3.63) is 99.7 Å². The highest BCUT2D eigenvalue weighted by Crippen LogP contribution is 2.26. The smallest absolute Gasteiger partial charge is 0.268 e. The number of rotatable bonds is 7. The fourth-order valence-corrected chi connectivity index (χ4v) is 4.46. The molecule has 0 aliphatic carbocycles. The SMILES string of the molecule is O=C(NCc1ccncc1)c1c(O)c2ncc(Cc3ccccc3)cc2n(CC(=O)N2CCOCC2)c1=O. The standard InChI is InChI=1S/C28H27N5O5/c34-23(32-10-12-38-13-11-32)18-33-22-15-21(14-19-4-2-1-3-5-19)17-30-25(22)26(35)24(28(33)37)27(36)31-16-20-6-8-29-9-7-20/h1-9,15,17,35H,10-14,16,18H2,(H,31,36). The molecule has 0 radical (unpaired) electrons. The van der Waals surface area contributed by atoms with Gasteiger partial charge in [-0.1, -0.05) is 30.3 Å². The van der Waals surface area contributed by atoms with Gasteiger partial charge in [0.25, 0.3) is 11.5 Å². The van der Waals surface area contributed by atoms with Crippen molar-refractivity contribution in [2.45, 2.75) is 19.5 Å². The minimum atomic E-state index is -0.762. The van der Waals surface area contributed by atoms with E-state index < -0.39 is 22.8 Å². The number of ether oxygens (including phenoxy) is 1. The van der Waals surface area contributed by atoms with Crippen LogP contribution in [0.5, 0.6) is 5.75 Å². The first-order valence-electron chi connectivity index (χ1n) is 12.3. The van der Waals surface area contributed by atoms with Gasteiger partial charge >= 0.3 is 0 Å². The van der Waals surface area contributed by atoms with Crippen molar-refractivity contribution in [1.82, 2.24) is 24.8 Å². The lowest BCUT2D eigenvalue weighted by atomic mass is 10.1. The predicted molar refractivity (Wildman–Crippen MR) is 140 cm³/mol. The zero-order valence-corrected chi connectivity index (χ0v) is 20.7. The van der Waals surface area contributed by atoms with Crippen molar-refractivity contribution in [2.24, 2.45) is 0 Å². The van der Waals surface area contributed by atoms with Crippen molar-refractivity contribution in [1.29, 1.82) is 0 Å². The van der Waals surface area contributed by atoms with Crippen LogP contribution in [0.4, 0.5) is 0 Å². The van der Waals surface area contributed by atoms with E-state index in [1.54, 1.807) is 41.7 Å². The summed E-state index contributed by atoms with van der Waals surface area (Å²) in [7, 11) is 0. The Labute approximate surface area is 218 Å². The zero-order chi connectivity index (χ0) is 26.5. The second-order valence-electron chi connectivity index (χ2n) is 9.02. The number of aromatic nitrogens is 3. The highest BCUT2D eigenvalue weighted by molar-refractivity contribution is 6.01. The number of carbonyl (C=O) groups is 2. The molecule has 2 amide bonds. The van der Waals surface area contributed by atoms with E-state index in [-0.39, 0.29) is 30.0 Å². The van der Waals surface area contributed by atoms with Crippen LogP contribution in [0, 0.1) is 0 Å². The van der Waals surface area contributed by atoms with Crippen LogP contribution >= 0.6 is 0 Å². The average Bonchev–Trinajstić information content (AvgIpc) is 2.95. The van der Waals surface area contributed by atoms with Gasteiger partial charge in [-0.05, 0) is 41.3 Å². The highest BCUT2D eigenvalue weighted by atomic mass is 16.5. The van der Waals surface area contributed by atoms with E-state index in [1.807, 2.05) is 30.3 Å². The Hall–Kier alpha value is -4.57. The maximum Gasteiger partial charge on any atom is 0.268 e. The molecule has 10 heteroatoms. The van der Waals surface area contributed by atoms with E-state index in [4.69, 9.17) is 4.74 Å². The first kappa shape index (κ1) is 25.1. The van der Waals surface area contributed by atoms with Crippen LogP contribution < -0.4 is 10.9 Å². The summed E-state index contributed by atoms with van der Waals surface area (Å²) in [6.07, 6.45) is 5.34. The molecule has 194 valence electrons. The fourth-order valence-electron chi connectivity index (χ4n) is 4.46.